The second-order valence-electron chi connectivity index (χ2n) is 13.4. The number of piperazine rings is 1. The van der Waals surface area contributed by atoms with Gasteiger partial charge in [0.15, 0.2) is 0 Å². The van der Waals surface area contributed by atoms with E-state index in [-0.39, 0.29) is 5.91 Å². The van der Waals surface area contributed by atoms with Crippen molar-refractivity contribution in [1.29, 1.82) is 0 Å². The lowest BCUT2D eigenvalue weighted by molar-refractivity contribution is -0.111. The third kappa shape index (κ3) is 6.32. The van der Waals surface area contributed by atoms with Crippen LogP contribution in [0.1, 0.15) is 31.7 Å². The summed E-state index contributed by atoms with van der Waals surface area (Å²) in [6.45, 7) is 9.90. The number of methoxy groups -OCH3 is 1. The van der Waals surface area contributed by atoms with Gasteiger partial charge in [0, 0.05) is 86.3 Å². The van der Waals surface area contributed by atoms with Crippen LogP contribution in [0.15, 0.2) is 78.3 Å². The van der Waals surface area contributed by atoms with E-state index in [1.54, 1.807) is 25.8 Å². The van der Waals surface area contributed by atoms with Crippen LogP contribution >= 0.6 is 0 Å². The molecule has 0 unspecified atom stereocenters. The van der Waals surface area contributed by atoms with Gasteiger partial charge in [-0.05, 0) is 50.9 Å². The molecule has 12 heteroatoms. The topological polar surface area (TPSA) is 117 Å². The molecule has 2 aromatic carbocycles. The summed E-state index contributed by atoms with van der Waals surface area (Å²) in [5.41, 5.74) is 5.75. The van der Waals surface area contributed by atoms with Crippen LogP contribution in [-0.2, 0) is 4.79 Å². The Labute approximate surface area is 291 Å². The van der Waals surface area contributed by atoms with E-state index in [9.17, 15) is 4.79 Å². The lowest BCUT2D eigenvalue weighted by Crippen LogP contribution is -2.52. The zero-order valence-corrected chi connectivity index (χ0v) is 28.6. The number of ether oxygens (including phenoxy) is 1. The molecular weight excluding hydrogens is 630 g/mol. The highest BCUT2D eigenvalue weighted by atomic mass is 16.5. The molecule has 1 amide bonds. The molecule has 0 bridgehead atoms. The van der Waals surface area contributed by atoms with E-state index in [1.165, 1.54) is 11.6 Å². The number of benzene rings is 2. The summed E-state index contributed by atoms with van der Waals surface area (Å²) in [5.74, 6) is 1.15. The molecule has 1 saturated carbocycles. The molecule has 0 spiro atoms. The number of carbonyl (C=O) groups is 1. The van der Waals surface area contributed by atoms with Crippen LogP contribution < -0.4 is 20.3 Å². The molecule has 258 valence electrons. The molecule has 5 heterocycles. The summed E-state index contributed by atoms with van der Waals surface area (Å²) in [7, 11) is 3.84. The third-order valence-corrected chi connectivity index (χ3v) is 10.3. The number of para-hydroxylation sites is 1. The van der Waals surface area contributed by atoms with Gasteiger partial charge in [-0.25, -0.2) is 15.0 Å². The standard InChI is InChI=1S/C38H43N9O3/c1-4-35(48)41-30-21-31(34(49-3)22-33(30)46-14-11-25(12-15-46)45-18-16-44(2)17-19-45)42-38-40-23-28(37-39-13-20-50-37)36(43-38)29-24-47(26-9-10-26)32-8-6-5-7-27(29)32/h4-8,13,20-26H,1,9-12,14-19H2,2-3H3,(H,41,48)(H,40,42,43). The third-order valence-electron chi connectivity index (χ3n) is 10.3. The summed E-state index contributed by atoms with van der Waals surface area (Å²) in [5, 5.41) is 7.55. The molecule has 2 aliphatic heterocycles. The van der Waals surface area contributed by atoms with Gasteiger partial charge in [-0.2, -0.15) is 0 Å². The lowest BCUT2D eigenvalue weighted by Gasteiger charge is -2.43. The molecule has 50 heavy (non-hydrogen) atoms. The van der Waals surface area contributed by atoms with Gasteiger partial charge >= 0.3 is 0 Å². The Morgan fingerprint density at radius 3 is 2.50 bits per heavy atom. The minimum absolute atomic E-state index is 0.282. The van der Waals surface area contributed by atoms with Crippen molar-refractivity contribution in [3.63, 3.8) is 0 Å². The number of hydrogen-bond donors (Lipinski definition) is 2. The van der Waals surface area contributed by atoms with Crippen molar-refractivity contribution in [1.82, 2.24) is 29.3 Å². The SMILES string of the molecule is C=CC(=O)Nc1cc(Nc2ncc(-c3ncco3)c(-c3cn(C4CC4)c4ccccc34)n2)c(OC)cc1N1CCC(N2CCN(C)CC2)CC1. The molecular formula is C38H43N9O3. The maximum Gasteiger partial charge on any atom is 0.247 e. The largest absolute Gasteiger partial charge is 0.494 e. The molecule has 2 N–H and O–H groups in total. The summed E-state index contributed by atoms with van der Waals surface area (Å²) in [6, 6.07) is 13.3. The van der Waals surface area contributed by atoms with Crippen LogP contribution in [0.4, 0.5) is 23.0 Å². The molecule has 3 aliphatic rings. The fraction of sp³-hybridized carbons (Fsp3) is 0.368. The van der Waals surface area contributed by atoms with Gasteiger partial charge in [-0.1, -0.05) is 24.8 Å². The predicted octanol–water partition coefficient (Wildman–Crippen LogP) is 6.18. The number of fused-ring (bicyclic) bond motifs is 1. The molecule has 1 aliphatic carbocycles. The second-order valence-corrected chi connectivity index (χ2v) is 13.4. The average molecular weight is 674 g/mol. The first kappa shape index (κ1) is 32.0. The molecule has 0 atom stereocenters. The Bertz CT molecular complexity index is 2000. The minimum atomic E-state index is -0.282. The van der Waals surface area contributed by atoms with Crippen molar-refractivity contribution in [3.8, 4) is 28.5 Å². The van der Waals surface area contributed by atoms with Crippen LogP contribution in [0.25, 0.3) is 33.6 Å². The first-order valence-electron chi connectivity index (χ1n) is 17.5. The zero-order valence-electron chi connectivity index (χ0n) is 28.6. The number of nitrogens with one attached hydrogen (secondary N) is 2. The molecule has 5 aromatic rings. The molecule has 2 saturated heterocycles. The van der Waals surface area contributed by atoms with Crippen LogP contribution in [0.5, 0.6) is 5.75 Å². The van der Waals surface area contributed by atoms with Gasteiger partial charge in [0.05, 0.1) is 41.6 Å². The number of piperidine rings is 1. The van der Waals surface area contributed by atoms with E-state index < -0.39 is 0 Å². The highest BCUT2D eigenvalue weighted by Crippen LogP contribution is 2.44. The minimum Gasteiger partial charge on any atom is -0.494 e. The monoisotopic (exact) mass is 673 g/mol. The highest BCUT2D eigenvalue weighted by molar-refractivity contribution is 6.02. The Morgan fingerprint density at radius 2 is 1.78 bits per heavy atom. The number of anilines is 4. The Morgan fingerprint density at radius 1 is 0.980 bits per heavy atom. The number of carbonyl (C=O) groups excluding carboxylic acids is 1. The van der Waals surface area contributed by atoms with E-state index >= 15 is 0 Å². The van der Waals surface area contributed by atoms with Crippen molar-refractivity contribution in [3.05, 3.63) is 73.9 Å². The van der Waals surface area contributed by atoms with Gasteiger partial charge in [0.2, 0.25) is 17.7 Å². The molecule has 8 rings (SSSR count). The molecule has 3 aromatic heterocycles. The number of rotatable bonds is 10. The molecule has 0 radical (unpaired) electrons. The fourth-order valence-electron chi connectivity index (χ4n) is 7.37. The van der Waals surface area contributed by atoms with Crippen LogP contribution in [0.3, 0.4) is 0 Å². The summed E-state index contributed by atoms with van der Waals surface area (Å²) >= 11 is 0. The van der Waals surface area contributed by atoms with Gasteiger partial charge in [-0.15, -0.1) is 0 Å². The van der Waals surface area contributed by atoms with Crippen LogP contribution in [0.2, 0.25) is 0 Å². The first-order chi connectivity index (χ1) is 24.5. The van der Waals surface area contributed by atoms with E-state index in [4.69, 9.17) is 19.1 Å². The maximum absolute atomic E-state index is 12.7. The smallest absolute Gasteiger partial charge is 0.247 e. The van der Waals surface area contributed by atoms with Crippen molar-refractivity contribution < 1.29 is 13.9 Å². The molecule has 12 nitrogen and oxygen atoms in total. The van der Waals surface area contributed by atoms with Gasteiger partial charge < -0.3 is 34.2 Å². The fourth-order valence-corrected chi connectivity index (χ4v) is 7.37. The van der Waals surface area contributed by atoms with Gasteiger partial charge in [-0.3, -0.25) is 9.69 Å². The number of hydrogen-bond acceptors (Lipinski definition) is 10. The van der Waals surface area contributed by atoms with Gasteiger partial charge in [0.1, 0.15) is 12.0 Å². The second kappa shape index (κ2) is 13.6. The highest BCUT2D eigenvalue weighted by Gasteiger charge is 2.30. The van der Waals surface area contributed by atoms with E-state index in [1.807, 2.05) is 12.1 Å². The van der Waals surface area contributed by atoms with Crippen molar-refractivity contribution >= 4 is 39.8 Å². The Hall–Kier alpha value is -5.20. The first-order valence-corrected chi connectivity index (χ1v) is 17.5. The lowest BCUT2D eigenvalue weighted by atomic mass is 10.0. The summed E-state index contributed by atoms with van der Waals surface area (Å²) in [4.78, 5) is 34.3. The van der Waals surface area contributed by atoms with Gasteiger partial charge in [0.25, 0.3) is 0 Å². The number of nitrogens with zero attached hydrogens (tertiary/aromatic N) is 7. The summed E-state index contributed by atoms with van der Waals surface area (Å²) < 4.78 is 14.0. The number of amides is 1. The average Bonchev–Trinajstić information content (AvgIpc) is 3.70. The zero-order chi connectivity index (χ0) is 34.2. The quantitative estimate of drug-likeness (QED) is 0.167. The number of oxazole rings is 1. The normalized spacial score (nSPS) is 17.6. The number of aromatic nitrogens is 4. The van der Waals surface area contributed by atoms with Crippen molar-refractivity contribution in [2.24, 2.45) is 0 Å². The Balaban J connectivity index is 1.13. The van der Waals surface area contributed by atoms with Crippen molar-refractivity contribution in [2.45, 2.75) is 37.8 Å². The maximum atomic E-state index is 12.7. The van der Waals surface area contributed by atoms with E-state index in [2.05, 4.69) is 79.0 Å². The molecule has 3 fully saturated rings. The predicted molar refractivity (Wildman–Crippen MR) is 196 cm³/mol. The van der Waals surface area contributed by atoms with E-state index in [0.29, 0.717) is 52.3 Å². The summed E-state index contributed by atoms with van der Waals surface area (Å²) in [6.07, 6.45) is 12.8. The van der Waals surface area contributed by atoms with Crippen molar-refractivity contribution in [2.75, 3.05) is 69.0 Å². The Kier molecular flexibility index (Phi) is 8.71. The van der Waals surface area contributed by atoms with E-state index in [0.717, 1.165) is 81.6 Å². The number of likely N-dealkylation sites (N-methyl/N-ethyl adjacent to an activating group) is 1. The van der Waals surface area contributed by atoms with Crippen LogP contribution in [-0.4, -0.2) is 94.7 Å². The van der Waals surface area contributed by atoms with Crippen LogP contribution in [0, 0.1) is 0 Å².